The Labute approximate surface area is 64.6 Å². The molecule has 0 radical (unpaired) electrons. The van der Waals surface area contributed by atoms with Gasteiger partial charge in [0.25, 0.3) is 5.92 Å². The van der Waals surface area contributed by atoms with Gasteiger partial charge in [-0.25, -0.2) is 8.78 Å². The van der Waals surface area contributed by atoms with E-state index in [4.69, 9.17) is 0 Å². The Hall–Kier alpha value is 0.110. The van der Waals surface area contributed by atoms with Gasteiger partial charge < -0.3 is 5.32 Å². The molecule has 0 amide bonds. The van der Waals surface area contributed by atoms with Crippen LogP contribution >= 0.6 is 12.4 Å². The molecule has 10 heavy (non-hydrogen) atoms. The molecule has 1 saturated carbocycles. The monoisotopic (exact) mass is 169 g/mol. The van der Waals surface area contributed by atoms with Gasteiger partial charge in [-0.2, -0.15) is 0 Å². The predicted octanol–water partition coefficient (Wildman–Crippen LogP) is 1.43. The zero-order chi connectivity index (χ0) is 6.54. The highest BCUT2D eigenvalue weighted by Crippen LogP contribution is 2.63. The normalized spacial score (nSPS) is 41.4. The summed E-state index contributed by atoms with van der Waals surface area (Å²) in [6.07, 6.45) is 0.785. The molecule has 0 aromatic carbocycles. The zero-order valence-corrected chi connectivity index (χ0v) is 6.31. The average molecular weight is 170 g/mol. The van der Waals surface area contributed by atoms with Gasteiger partial charge in [-0.1, -0.05) is 0 Å². The molecular weight excluding hydrogens is 160 g/mol. The molecule has 4 heteroatoms. The lowest BCUT2D eigenvalue weighted by atomic mass is 10.1. The lowest BCUT2D eigenvalue weighted by Crippen LogP contribution is -2.15. The van der Waals surface area contributed by atoms with Crippen molar-refractivity contribution in [3.63, 3.8) is 0 Å². The topological polar surface area (TPSA) is 12.0 Å². The second-order valence-corrected chi connectivity index (χ2v) is 3.09. The fourth-order valence-electron chi connectivity index (χ4n) is 1.59. The Morgan fingerprint density at radius 1 is 1.30 bits per heavy atom. The molecule has 1 spiro atoms. The molecule has 1 aliphatic carbocycles. The molecule has 1 N–H and O–H groups in total. The highest BCUT2D eigenvalue weighted by Gasteiger charge is 2.71. The first-order valence-corrected chi connectivity index (χ1v) is 3.25. The minimum atomic E-state index is -2.34. The highest BCUT2D eigenvalue weighted by molar-refractivity contribution is 5.85. The first kappa shape index (κ1) is 8.21. The third kappa shape index (κ3) is 0.839. The van der Waals surface area contributed by atoms with Crippen LogP contribution in [0.5, 0.6) is 0 Å². The molecule has 1 atom stereocenters. The van der Waals surface area contributed by atoms with Crippen LogP contribution in [0.2, 0.25) is 0 Å². The highest BCUT2D eigenvalue weighted by atomic mass is 35.5. The molecule has 0 aromatic rings. The van der Waals surface area contributed by atoms with E-state index in [0.717, 1.165) is 6.54 Å². The van der Waals surface area contributed by atoms with Crippen molar-refractivity contribution in [1.82, 2.24) is 5.32 Å². The number of hydrogen-bond donors (Lipinski definition) is 1. The Kier molecular flexibility index (Phi) is 1.68. The van der Waals surface area contributed by atoms with E-state index in [9.17, 15) is 8.78 Å². The van der Waals surface area contributed by atoms with Crippen LogP contribution in [0, 0.1) is 5.41 Å². The number of halogens is 3. The van der Waals surface area contributed by atoms with Crippen molar-refractivity contribution in [2.24, 2.45) is 5.41 Å². The van der Waals surface area contributed by atoms with Crippen LogP contribution in [0.3, 0.4) is 0 Å². The SMILES string of the molecule is Cl.FC1(F)C[C@@]12CCNC2. The molecule has 0 aromatic heterocycles. The number of rotatable bonds is 0. The Balaban J connectivity index is 0.000000500. The van der Waals surface area contributed by atoms with E-state index >= 15 is 0 Å². The summed E-state index contributed by atoms with van der Waals surface area (Å²) in [5.74, 6) is -2.34. The number of alkyl halides is 2. The quantitative estimate of drug-likeness (QED) is 0.579. The second kappa shape index (κ2) is 2.05. The number of nitrogens with one attached hydrogen (secondary N) is 1. The van der Waals surface area contributed by atoms with Gasteiger partial charge in [0.05, 0.1) is 5.41 Å². The van der Waals surface area contributed by atoms with Gasteiger partial charge in [0.1, 0.15) is 0 Å². The maximum Gasteiger partial charge on any atom is 0.255 e. The van der Waals surface area contributed by atoms with Crippen LogP contribution in [0.4, 0.5) is 8.78 Å². The van der Waals surface area contributed by atoms with E-state index in [1.165, 1.54) is 0 Å². The standard InChI is InChI=1S/C6H9F2N.ClH/c7-6(8)3-5(6)1-2-9-4-5;/h9H,1-4H2;1H/t5-;/m1./s1. The zero-order valence-electron chi connectivity index (χ0n) is 5.49. The maximum absolute atomic E-state index is 12.5. The van der Waals surface area contributed by atoms with Gasteiger partial charge in [-0.05, 0) is 13.0 Å². The van der Waals surface area contributed by atoms with Crippen molar-refractivity contribution >= 4 is 12.4 Å². The van der Waals surface area contributed by atoms with Crippen LogP contribution in [-0.4, -0.2) is 19.0 Å². The molecule has 0 unspecified atom stereocenters. The average Bonchev–Trinajstić information content (AvgIpc) is 2.27. The molecule has 60 valence electrons. The predicted molar refractivity (Wildman–Crippen MR) is 36.7 cm³/mol. The van der Waals surface area contributed by atoms with E-state index in [0.29, 0.717) is 13.0 Å². The first-order valence-electron chi connectivity index (χ1n) is 3.25. The summed E-state index contributed by atoms with van der Waals surface area (Å²) in [4.78, 5) is 0. The second-order valence-electron chi connectivity index (χ2n) is 3.09. The Morgan fingerprint density at radius 2 is 1.90 bits per heavy atom. The van der Waals surface area contributed by atoms with Crippen LogP contribution in [-0.2, 0) is 0 Å². The lowest BCUT2D eigenvalue weighted by molar-refractivity contribution is 0.0705. The van der Waals surface area contributed by atoms with Gasteiger partial charge >= 0.3 is 0 Å². The van der Waals surface area contributed by atoms with Crippen LogP contribution in [0.1, 0.15) is 12.8 Å². The van der Waals surface area contributed by atoms with Crippen molar-refractivity contribution < 1.29 is 8.78 Å². The van der Waals surface area contributed by atoms with Crippen LogP contribution < -0.4 is 5.32 Å². The molecule has 1 nitrogen and oxygen atoms in total. The first-order chi connectivity index (χ1) is 4.16. The summed E-state index contributed by atoms with van der Waals surface area (Å²) in [6.45, 7) is 1.30. The molecule has 0 bridgehead atoms. The summed E-state index contributed by atoms with van der Waals surface area (Å²) in [5.41, 5.74) is -0.604. The number of hydrogen-bond acceptors (Lipinski definition) is 1. The van der Waals surface area contributed by atoms with Crippen molar-refractivity contribution in [1.29, 1.82) is 0 Å². The largest absolute Gasteiger partial charge is 0.316 e. The van der Waals surface area contributed by atoms with Crippen molar-refractivity contribution in [2.45, 2.75) is 18.8 Å². The van der Waals surface area contributed by atoms with Crippen LogP contribution in [0.15, 0.2) is 0 Å². The molecule has 2 fully saturated rings. The molecule has 2 rings (SSSR count). The maximum atomic E-state index is 12.5. The van der Waals surface area contributed by atoms with E-state index in [-0.39, 0.29) is 18.8 Å². The third-order valence-corrected chi connectivity index (χ3v) is 2.46. The van der Waals surface area contributed by atoms with Crippen molar-refractivity contribution in [3.8, 4) is 0 Å². The van der Waals surface area contributed by atoms with Crippen molar-refractivity contribution in [2.75, 3.05) is 13.1 Å². The van der Waals surface area contributed by atoms with Gasteiger partial charge in [0.15, 0.2) is 0 Å². The van der Waals surface area contributed by atoms with E-state index in [2.05, 4.69) is 5.32 Å². The fourth-order valence-corrected chi connectivity index (χ4v) is 1.59. The lowest BCUT2D eigenvalue weighted by Gasteiger charge is -2.02. The third-order valence-electron chi connectivity index (χ3n) is 2.46. The van der Waals surface area contributed by atoms with Gasteiger partial charge in [0, 0.05) is 13.0 Å². The molecule has 2 aliphatic rings. The Bertz CT molecular complexity index is 137. The Morgan fingerprint density at radius 3 is 2.10 bits per heavy atom. The summed E-state index contributed by atoms with van der Waals surface area (Å²) >= 11 is 0. The van der Waals surface area contributed by atoms with Crippen molar-refractivity contribution in [3.05, 3.63) is 0 Å². The van der Waals surface area contributed by atoms with Crippen LogP contribution in [0.25, 0.3) is 0 Å². The molecular formula is C6H10ClF2N. The fraction of sp³-hybridized carbons (Fsp3) is 1.00. The minimum Gasteiger partial charge on any atom is -0.316 e. The molecule has 1 saturated heterocycles. The van der Waals surface area contributed by atoms with E-state index < -0.39 is 11.3 Å². The summed E-state index contributed by atoms with van der Waals surface area (Å²) < 4.78 is 24.9. The molecule has 1 heterocycles. The smallest absolute Gasteiger partial charge is 0.255 e. The minimum absolute atomic E-state index is 0. The van der Waals surface area contributed by atoms with Gasteiger partial charge in [-0.3, -0.25) is 0 Å². The summed E-state index contributed by atoms with van der Waals surface area (Å²) in [5, 5.41) is 2.95. The van der Waals surface area contributed by atoms with Gasteiger partial charge in [-0.15, -0.1) is 12.4 Å². The summed E-state index contributed by atoms with van der Waals surface area (Å²) in [6, 6.07) is 0. The van der Waals surface area contributed by atoms with E-state index in [1.54, 1.807) is 0 Å². The van der Waals surface area contributed by atoms with E-state index in [1.807, 2.05) is 0 Å². The summed E-state index contributed by atoms with van der Waals surface area (Å²) in [7, 11) is 0. The van der Waals surface area contributed by atoms with Gasteiger partial charge in [0.2, 0.25) is 0 Å². The molecule has 1 aliphatic heterocycles.